The van der Waals surface area contributed by atoms with E-state index in [1.165, 1.54) is 31.1 Å². The number of allylic oxidation sites excluding steroid dienone is 1. The summed E-state index contributed by atoms with van der Waals surface area (Å²) in [6.45, 7) is 0. The Morgan fingerprint density at radius 2 is 1.70 bits per heavy atom. The van der Waals surface area contributed by atoms with Crippen molar-refractivity contribution in [3.8, 4) is 5.75 Å². The summed E-state index contributed by atoms with van der Waals surface area (Å²) in [4.78, 5) is 52.6. The number of likely N-dealkylation sites (N-methyl/N-ethyl adjacent to an activating group) is 1. The van der Waals surface area contributed by atoms with Gasteiger partial charge in [-0.1, -0.05) is 34.1 Å². The Morgan fingerprint density at radius 3 is 2.24 bits per heavy atom. The first-order chi connectivity index (χ1) is 20.9. The lowest BCUT2D eigenvalue weighted by Crippen LogP contribution is -2.63. The third kappa shape index (κ3) is 5.40. The summed E-state index contributed by atoms with van der Waals surface area (Å²) in [7, 11) is 3.05. The van der Waals surface area contributed by atoms with Crippen molar-refractivity contribution in [3.05, 3.63) is 81.3 Å². The number of anilines is 1. The number of ketones is 2. The molecule has 246 valence electrons. The van der Waals surface area contributed by atoms with E-state index in [4.69, 9.17) is 5.73 Å². The van der Waals surface area contributed by atoms with E-state index in [0.717, 1.165) is 24.3 Å². The molecule has 5 atom stereocenters. The molecular formula is C30H28Br2F3N3O8. The van der Waals surface area contributed by atoms with E-state index in [1.54, 1.807) is 0 Å². The van der Waals surface area contributed by atoms with Gasteiger partial charge in [-0.05, 0) is 62.2 Å². The number of aliphatic hydroxyl groups is 3. The molecule has 3 unspecified atom stereocenters. The zero-order chi connectivity index (χ0) is 33.3. The number of Topliss-reactive ketones (excluding diaryl/α,β-unsaturated/α-hetero) is 2. The number of hydrogen-bond acceptors (Lipinski definition) is 9. The van der Waals surface area contributed by atoms with Gasteiger partial charge in [-0.2, -0.15) is 13.2 Å². The number of carbonyl (C=O) groups is 4. The van der Waals surface area contributed by atoms with E-state index in [2.05, 4.69) is 21.2 Å². The number of rotatable bonds is 5. The van der Waals surface area contributed by atoms with Gasteiger partial charge in [-0.15, -0.1) is 17.0 Å². The lowest BCUT2D eigenvalue weighted by atomic mass is 9.58. The highest BCUT2D eigenvalue weighted by atomic mass is 79.9. The highest BCUT2D eigenvalue weighted by Crippen LogP contribution is 2.52. The standard InChI is InChI=1S/C30H27BrF3N3O8.BrH/c1-37(2)21-15-10-13-9-12-5-8-16(36-28(44)20(31)11-3-6-14(7-4-11)30(32,33)34)22(38)17(12)23(39)18(13)25(41)29(15,45)26(42)19(24(21)40)27(35)43;/h3-8,13,15,20-21,38,40-41,45H,9-10H2,1-2H3,(H2,35,43)(H,36,44);1H/t13?,15?,20?,21-,29-;/m0./s1. The molecule has 2 aromatic carbocycles. The fourth-order valence-corrected chi connectivity index (χ4v) is 6.93. The smallest absolute Gasteiger partial charge is 0.416 e. The zero-order valence-electron chi connectivity index (χ0n) is 24.1. The van der Waals surface area contributed by atoms with Crippen molar-refractivity contribution in [2.45, 2.75) is 35.5 Å². The van der Waals surface area contributed by atoms with Crippen molar-refractivity contribution in [1.82, 2.24) is 4.90 Å². The van der Waals surface area contributed by atoms with E-state index in [1.807, 2.05) is 0 Å². The minimum Gasteiger partial charge on any atom is -0.510 e. The second-order valence-corrected chi connectivity index (χ2v) is 12.3. The van der Waals surface area contributed by atoms with Gasteiger partial charge in [-0.25, -0.2) is 0 Å². The molecule has 46 heavy (non-hydrogen) atoms. The Morgan fingerprint density at radius 1 is 1.09 bits per heavy atom. The van der Waals surface area contributed by atoms with Crippen LogP contribution in [0.5, 0.6) is 5.75 Å². The third-order valence-electron chi connectivity index (χ3n) is 8.61. The molecule has 7 N–H and O–H groups in total. The van der Waals surface area contributed by atoms with Gasteiger partial charge in [0.25, 0.3) is 5.91 Å². The van der Waals surface area contributed by atoms with Crippen molar-refractivity contribution in [3.63, 3.8) is 0 Å². The molecule has 2 aromatic rings. The molecule has 3 aliphatic rings. The van der Waals surface area contributed by atoms with Gasteiger partial charge in [0.05, 0.1) is 22.9 Å². The summed E-state index contributed by atoms with van der Waals surface area (Å²) < 4.78 is 38.7. The van der Waals surface area contributed by atoms with Gasteiger partial charge in [0.15, 0.2) is 17.1 Å². The van der Waals surface area contributed by atoms with Crippen LogP contribution in [0.2, 0.25) is 0 Å². The number of carbonyl (C=O) groups excluding carboxylic acids is 4. The summed E-state index contributed by atoms with van der Waals surface area (Å²) in [6.07, 6.45) is -4.59. The summed E-state index contributed by atoms with van der Waals surface area (Å²) in [5.74, 6) is -8.74. The fraction of sp³-hybridized carbons (Fsp3) is 0.333. The number of halogens is 5. The third-order valence-corrected chi connectivity index (χ3v) is 9.56. The number of nitrogens with two attached hydrogens (primary N) is 1. The fourth-order valence-electron chi connectivity index (χ4n) is 6.51. The molecule has 5 rings (SSSR count). The van der Waals surface area contributed by atoms with Gasteiger partial charge in [0.1, 0.15) is 21.9 Å². The topological polar surface area (TPSA) is 190 Å². The van der Waals surface area contributed by atoms with Crippen molar-refractivity contribution < 1.29 is 52.8 Å². The van der Waals surface area contributed by atoms with Crippen molar-refractivity contribution >= 4 is 62.0 Å². The average Bonchev–Trinajstić information content (AvgIpc) is 2.95. The monoisotopic (exact) mass is 773 g/mol. The van der Waals surface area contributed by atoms with E-state index < -0.39 is 86.3 Å². The largest absolute Gasteiger partial charge is 0.510 e. The van der Waals surface area contributed by atoms with E-state index in [9.17, 15) is 52.8 Å². The molecule has 0 aliphatic heterocycles. The molecule has 0 saturated heterocycles. The molecule has 0 fully saturated rings. The van der Waals surface area contributed by atoms with Crippen molar-refractivity contribution in [1.29, 1.82) is 0 Å². The van der Waals surface area contributed by atoms with E-state index in [0.29, 0.717) is 5.56 Å². The SMILES string of the molecule is Br.CN(C)[C@@H]1C(O)=C(C(N)=O)C(=O)[C@@]2(O)C(O)=C3C(=O)c4c(ccc(NC(=O)C(Br)c5ccc(C(F)(F)F)cc5)c4O)CC3CC12. The summed E-state index contributed by atoms with van der Waals surface area (Å²) in [5, 5.41) is 47.4. The summed E-state index contributed by atoms with van der Waals surface area (Å²) in [6, 6.07) is 5.53. The zero-order valence-corrected chi connectivity index (χ0v) is 27.4. The Bertz CT molecular complexity index is 1720. The van der Waals surface area contributed by atoms with Crippen LogP contribution in [-0.2, 0) is 27.0 Å². The molecule has 0 radical (unpaired) electrons. The maximum Gasteiger partial charge on any atom is 0.416 e. The van der Waals surface area contributed by atoms with Crippen LogP contribution in [0.25, 0.3) is 0 Å². The van der Waals surface area contributed by atoms with Gasteiger partial charge in [0, 0.05) is 11.5 Å². The highest BCUT2D eigenvalue weighted by Gasteiger charge is 2.63. The maximum atomic E-state index is 13.8. The number of aromatic hydroxyl groups is 1. The first-order valence-corrected chi connectivity index (χ1v) is 14.4. The van der Waals surface area contributed by atoms with Crippen LogP contribution in [0.15, 0.2) is 59.1 Å². The number of alkyl halides is 4. The van der Waals surface area contributed by atoms with Crippen molar-refractivity contribution in [2.75, 3.05) is 19.4 Å². The molecule has 0 spiro atoms. The first-order valence-electron chi connectivity index (χ1n) is 13.5. The van der Waals surface area contributed by atoms with Crippen LogP contribution in [0.1, 0.15) is 38.3 Å². The highest BCUT2D eigenvalue weighted by molar-refractivity contribution is 9.09. The number of amides is 2. The predicted octanol–water partition coefficient (Wildman–Crippen LogP) is 3.79. The second-order valence-electron chi connectivity index (χ2n) is 11.4. The van der Waals surface area contributed by atoms with Crippen LogP contribution in [-0.4, -0.2) is 74.4 Å². The lowest BCUT2D eigenvalue weighted by Gasteiger charge is -2.50. The first kappa shape index (κ1) is 35.1. The molecule has 3 aliphatic carbocycles. The number of phenols is 1. The number of phenolic OH excluding ortho intramolecular Hbond substituents is 1. The number of primary amides is 1. The van der Waals surface area contributed by atoms with Crippen LogP contribution < -0.4 is 11.1 Å². The van der Waals surface area contributed by atoms with Crippen LogP contribution in [0, 0.1) is 11.8 Å². The number of nitrogens with one attached hydrogen (secondary N) is 1. The molecule has 2 amide bonds. The lowest BCUT2D eigenvalue weighted by molar-refractivity contribution is -0.148. The molecule has 16 heteroatoms. The quantitative estimate of drug-likeness (QED) is 0.149. The summed E-state index contributed by atoms with van der Waals surface area (Å²) in [5.41, 5.74) is 0.326. The minimum atomic E-state index is -4.57. The van der Waals surface area contributed by atoms with E-state index in [-0.39, 0.29) is 52.2 Å². The minimum absolute atomic E-state index is 0. The second kappa shape index (κ2) is 12.1. The molecule has 0 heterocycles. The average molecular weight is 775 g/mol. The van der Waals surface area contributed by atoms with Crippen LogP contribution in [0.4, 0.5) is 18.9 Å². The Kier molecular flexibility index (Phi) is 9.27. The maximum absolute atomic E-state index is 13.8. The Labute approximate surface area is 278 Å². The Hall–Kier alpha value is -3.73. The van der Waals surface area contributed by atoms with Crippen LogP contribution >= 0.6 is 32.9 Å². The van der Waals surface area contributed by atoms with Crippen LogP contribution in [0.3, 0.4) is 0 Å². The number of aliphatic hydroxyl groups excluding tert-OH is 2. The van der Waals surface area contributed by atoms with Gasteiger partial charge >= 0.3 is 6.18 Å². The molecule has 0 bridgehead atoms. The normalized spacial score (nSPS) is 24.9. The van der Waals surface area contributed by atoms with Gasteiger partial charge in [0.2, 0.25) is 11.7 Å². The molecular weight excluding hydrogens is 747 g/mol. The van der Waals surface area contributed by atoms with Gasteiger partial charge < -0.3 is 31.5 Å². The molecule has 0 aromatic heterocycles. The predicted molar refractivity (Wildman–Crippen MR) is 166 cm³/mol. The molecule has 11 nitrogen and oxygen atoms in total. The number of fused-ring (bicyclic) bond motifs is 3. The Balaban J connectivity index is 0.00000480. The number of nitrogens with zero attached hydrogens (tertiary/aromatic N) is 1. The number of hydrogen-bond donors (Lipinski definition) is 6. The number of benzene rings is 2. The molecule has 0 saturated carbocycles. The summed E-state index contributed by atoms with van der Waals surface area (Å²) >= 11 is 3.13. The van der Waals surface area contributed by atoms with Gasteiger partial charge in [-0.3, -0.25) is 24.1 Å². The van der Waals surface area contributed by atoms with E-state index >= 15 is 0 Å². The van der Waals surface area contributed by atoms with Crippen molar-refractivity contribution in [2.24, 2.45) is 17.6 Å².